The topological polar surface area (TPSA) is 73.2 Å². The van der Waals surface area contributed by atoms with E-state index in [9.17, 15) is 8.42 Å². The van der Waals surface area contributed by atoms with Gasteiger partial charge in [-0.3, -0.25) is 4.68 Å². The minimum atomic E-state index is -3.63. The Bertz CT molecular complexity index is 513. The van der Waals surface area contributed by atoms with Crippen LogP contribution in [0.3, 0.4) is 0 Å². The van der Waals surface area contributed by atoms with Gasteiger partial charge in [0.15, 0.2) is 0 Å². The Balaban J connectivity index is 3.06. The highest BCUT2D eigenvalue weighted by molar-refractivity contribution is 7.89. The zero-order valence-corrected chi connectivity index (χ0v) is 12.5. The fourth-order valence-corrected chi connectivity index (χ4v) is 3.65. The second-order valence-electron chi connectivity index (χ2n) is 4.05. The van der Waals surface area contributed by atoms with E-state index in [2.05, 4.69) is 9.82 Å². The number of hydrogen-bond acceptors (Lipinski definition) is 4. The zero-order valence-electron chi connectivity index (χ0n) is 10.9. The number of rotatable bonds is 6. The molecule has 0 radical (unpaired) electrons. The summed E-state index contributed by atoms with van der Waals surface area (Å²) in [5.41, 5.74) is 1.05. The fourth-order valence-electron chi connectivity index (χ4n) is 1.73. The molecule has 0 aromatic carbocycles. The molecule has 0 aliphatic heterocycles. The van der Waals surface area contributed by atoms with E-state index in [1.807, 2.05) is 0 Å². The first kappa shape index (κ1) is 15.4. The van der Waals surface area contributed by atoms with Crippen molar-refractivity contribution in [1.29, 1.82) is 0 Å². The quantitative estimate of drug-likeness (QED) is 0.779. The molecule has 0 saturated carbocycles. The molecule has 104 valence electrons. The number of methoxy groups -OCH3 is 1. The summed E-state index contributed by atoms with van der Waals surface area (Å²) in [6.07, 6.45) is 0. The van der Waals surface area contributed by atoms with E-state index in [-0.39, 0.29) is 17.4 Å². The number of ether oxygens (including phenoxy) is 1. The summed E-state index contributed by atoms with van der Waals surface area (Å²) in [4.78, 5) is 0.205. The van der Waals surface area contributed by atoms with Gasteiger partial charge in [0.1, 0.15) is 4.90 Å². The highest BCUT2D eigenvalue weighted by atomic mass is 35.5. The largest absolute Gasteiger partial charge is 0.383 e. The highest BCUT2D eigenvalue weighted by Crippen LogP contribution is 2.18. The Morgan fingerprint density at radius 1 is 1.50 bits per heavy atom. The van der Waals surface area contributed by atoms with Gasteiger partial charge in [-0.1, -0.05) is 0 Å². The van der Waals surface area contributed by atoms with Crippen LogP contribution in [0.5, 0.6) is 0 Å². The van der Waals surface area contributed by atoms with Gasteiger partial charge >= 0.3 is 0 Å². The first-order valence-electron chi connectivity index (χ1n) is 5.41. The minimum absolute atomic E-state index is 0.144. The molecule has 8 heteroatoms. The van der Waals surface area contributed by atoms with Gasteiger partial charge in [0, 0.05) is 20.0 Å². The molecule has 1 atom stereocenters. The normalized spacial score (nSPS) is 13.8. The predicted octanol–water partition coefficient (Wildman–Crippen LogP) is 0.569. The smallest absolute Gasteiger partial charge is 0.244 e. The Labute approximate surface area is 112 Å². The van der Waals surface area contributed by atoms with Gasteiger partial charge < -0.3 is 4.74 Å². The minimum Gasteiger partial charge on any atom is -0.383 e. The number of alkyl halides is 1. The van der Waals surface area contributed by atoms with Crippen molar-refractivity contribution >= 4 is 21.6 Å². The second-order valence-corrected chi connectivity index (χ2v) is 6.01. The molecule has 0 saturated heterocycles. The van der Waals surface area contributed by atoms with Crippen LogP contribution >= 0.6 is 11.6 Å². The van der Waals surface area contributed by atoms with E-state index < -0.39 is 16.1 Å². The summed E-state index contributed by atoms with van der Waals surface area (Å²) in [5.74, 6) is 0.144. The van der Waals surface area contributed by atoms with Crippen molar-refractivity contribution in [2.24, 2.45) is 7.05 Å². The van der Waals surface area contributed by atoms with Gasteiger partial charge in [-0.2, -0.15) is 5.10 Å². The van der Waals surface area contributed by atoms with Crippen LogP contribution in [0.15, 0.2) is 4.90 Å². The Kier molecular flexibility index (Phi) is 5.15. The van der Waals surface area contributed by atoms with Crippen molar-refractivity contribution < 1.29 is 13.2 Å². The third-order valence-electron chi connectivity index (χ3n) is 2.59. The van der Waals surface area contributed by atoms with E-state index in [0.29, 0.717) is 11.4 Å². The average Bonchev–Trinajstić information content (AvgIpc) is 2.52. The van der Waals surface area contributed by atoms with Gasteiger partial charge in [0.05, 0.1) is 24.0 Å². The molecule has 1 aromatic rings. The number of hydrogen-bond donors (Lipinski definition) is 1. The van der Waals surface area contributed by atoms with Crippen LogP contribution in [-0.4, -0.2) is 43.8 Å². The SMILES string of the molecule is COCC(CCl)NS(=O)(=O)c1c(C)nn(C)c1C. The Morgan fingerprint density at radius 2 is 2.11 bits per heavy atom. The molecule has 1 heterocycles. The molecule has 1 aromatic heterocycles. The highest BCUT2D eigenvalue weighted by Gasteiger charge is 2.26. The molecular formula is C10H18ClN3O3S. The van der Waals surface area contributed by atoms with Crippen molar-refractivity contribution in [3.63, 3.8) is 0 Å². The average molecular weight is 296 g/mol. The summed E-state index contributed by atoms with van der Waals surface area (Å²) >= 11 is 5.70. The molecule has 1 N–H and O–H groups in total. The van der Waals surface area contributed by atoms with Crippen molar-refractivity contribution in [3.05, 3.63) is 11.4 Å². The van der Waals surface area contributed by atoms with E-state index in [4.69, 9.17) is 16.3 Å². The van der Waals surface area contributed by atoms with E-state index >= 15 is 0 Å². The lowest BCUT2D eigenvalue weighted by molar-refractivity contribution is 0.181. The number of aromatic nitrogens is 2. The van der Waals surface area contributed by atoms with Crippen LogP contribution in [0.4, 0.5) is 0 Å². The van der Waals surface area contributed by atoms with Gasteiger partial charge in [-0.15, -0.1) is 11.6 Å². The third kappa shape index (κ3) is 3.23. The molecule has 18 heavy (non-hydrogen) atoms. The summed E-state index contributed by atoms with van der Waals surface area (Å²) in [5, 5.41) is 4.09. The fraction of sp³-hybridized carbons (Fsp3) is 0.700. The van der Waals surface area contributed by atoms with Gasteiger partial charge in [-0.05, 0) is 13.8 Å². The standard InChI is InChI=1S/C10H18ClN3O3S/c1-7-10(8(2)14(3)12-7)18(15,16)13-9(5-11)6-17-4/h9,13H,5-6H2,1-4H3. The molecule has 0 aliphatic rings. The number of sulfonamides is 1. The van der Waals surface area contributed by atoms with Crippen LogP contribution in [0.2, 0.25) is 0 Å². The molecule has 0 bridgehead atoms. The van der Waals surface area contributed by atoms with Gasteiger partial charge in [0.25, 0.3) is 0 Å². The monoisotopic (exact) mass is 295 g/mol. The maximum atomic E-state index is 12.3. The molecular weight excluding hydrogens is 278 g/mol. The molecule has 0 spiro atoms. The first-order valence-corrected chi connectivity index (χ1v) is 7.42. The Hall–Kier alpha value is -0.630. The summed E-state index contributed by atoms with van der Waals surface area (Å²) in [6.45, 7) is 3.59. The molecule has 0 amide bonds. The summed E-state index contributed by atoms with van der Waals surface area (Å²) < 4.78 is 33.5. The van der Waals surface area contributed by atoms with E-state index in [0.717, 1.165) is 0 Å². The zero-order chi connectivity index (χ0) is 13.9. The molecule has 1 rings (SSSR count). The van der Waals surface area contributed by atoms with Crippen LogP contribution in [0.1, 0.15) is 11.4 Å². The summed E-state index contributed by atoms with van der Waals surface area (Å²) in [7, 11) is -0.434. The van der Waals surface area contributed by atoms with Crippen molar-refractivity contribution in [1.82, 2.24) is 14.5 Å². The van der Waals surface area contributed by atoms with Crippen LogP contribution in [-0.2, 0) is 21.8 Å². The van der Waals surface area contributed by atoms with Gasteiger partial charge in [0.2, 0.25) is 10.0 Å². The predicted molar refractivity (Wildman–Crippen MR) is 69.4 cm³/mol. The molecule has 6 nitrogen and oxygen atoms in total. The number of nitrogens with zero attached hydrogens (tertiary/aromatic N) is 2. The van der Waals surface area contributed by atoms with Crippen LogP contribution in [0.25, 0.3) is 0 Å². The van der Waals surface area contributed by atoms with Crippen LogP contribution < -0.4 is 4.72 Å². The van der Waals surface area contributed by atoms with Crippen molar-refractivity contribution in [2.75, 3.05) is 19.6 Å². The number of nitrogens with one attached hydrogen (secondary N) is 1. The lowest BCUT2D eigenvalue weighted by Gasteiger charge is -2.15. The van der Waals surface area contributed by atoms with Crippen molar-refractivity contribution in [3.8, 4) is 0 Å². The lowest BCUT2D eigenvalue weighted by atomic mass is 10.4. The van der Waals surface area contributed by atoms with E-state index in [1.165, 1.54) is 11.8 Å². The molecule has 0 fully saturated rings. The molecule has 1 unspecified atom stereocenters. The number of aryl methyl sites for hydroxylation is 2. The van der Waals surface area contributed by atoms with Crippen LogP contribution in [0, 0.1) is 13.8 Å². The summed E-state index contributed by atoms with van der Waals surface area (Å²) in [6, 6.07) is -0.458. The lowest BCUT2D eigenvalue weighted by Crippen LogP contribution is -2.39. The number of halogens is 1. The Morgan fingerprint density at radius 3 is 2.50 bits per heavy atom. The second kappa shape index (κ2) is 6.01. The maximum Gasteiger partial charge on any atom is 0.244 e. The first-order chi connectivity index (χ1) is 8.33. The molecule has 0 aliphatic carbocycles. The van der Waals surface area contributed by atoms with Crippen molar-refractivity contribution in [2.45, 2.75) is 24.8 Å². The van der Waals surface area contributed by atoms with Gasteiger partial charge in [-0.25, -0.2) is 13.1 Å². The third-order valence-corrected chi connectivity index (χ3v) is 4.73. The maximum absolute atomic E-state index is 12.3. The van der Waals surface area contributed by atoms with E-state index in [1.54, 1.807) is 20.9 Å².